The fourth-order valence-corrected chi connectivity index (χ4v) is 2.51. The number of hydrogen-bond acceptors (Lipinski definition) is 3. The number of likely N-dealkylation sites (N-methyl/N-ethyl adjacent to an activating group) is 1. The van der Waals surface area contributed by atoms with Gasteiger partial charge in [-0.2, -0.15) is 0 Å². The molecule has 1 aromatic rings. The fourth-order valence-electron chi connectivity index (χ4n) is 2.51. The average Bonchev–Trinajstić information content (AvgIpc) is 2.31. The van der Waals surface area contributed by atoms with E-state index in [2.05, 4.69) is 18.2 Å². The van der Waals surface area contributed by atoms with Crippen LogP contribution in [0.15, 0.2) is 18.2 Å². The van der Waals surface area contributed by atoms with Gasteiger partial charge in [-0.25, -0.2) is 0 Å². The third-order valence-electron chi connectivity index (χ3n) is 3.42. The molecule has 98 valence electrons. The summed E-state index contributed by atoms with van der Waals surface area (Å²) in [5, 5.41) is 9.46. The molecule has 18 heavy (non-hydrogen) atoms. The number of carbonyl (C=O) groups is 1. The summed E-state index contributed by atoms with van der Waals surface area (Å²) in [5.41, 5.74) is 3.37. The van der Waals surface area contributed by atoms with Crippen LogP contribution in [0.25, 0.3) is 0 Å². The molecule has 2 rings (SSSR count). The molecule has 4 nitrogen and oxygen atoms in total. The van der Waals surface area contributed by atoms with Gasteiger partial charge in [-0.15, -0.1) is 0 Å². The predicted octanol–water partition coefficient (Wildman–Crippen LogP) is 0.943. The maximum absolute atomic E-state index is 12.0. The highest BCUT2D eigenvalue weighted by molar-refractivity contribution is 5.86. The molecule has 1 aliphatic rings. The molecule has 0 aromatic heterocycles. The second-order valence-electron chi connectivity index (χ2n) is 5.00. The number of rotatable bonds is 2. The first-order valence-corrected chi connectivity index (χ1v) is 6.23. The molecule has 1 N–H and O–H groups in total. The Hall–Kier alpha value is -1.55. The van der Waals surface area contributed by atoms with Crippen molar-refractivity contribution in [2.45, 2.75) is 19.9 Å². The zero-order valence-electron chi connectivity index (χ0n) is 11.2. The topological polar surface area (TPSA) is 43.8 Å². The van der Waals surface area contributed by atoms with Crippen LogP contribution in [0.1, 0.15) is 11.1 Å². The van der Waals surface area contributed by atoms with Crippen LogP contribution in [0.2, 0.25) is 0 Å². The Morgan fingerprint density at radius 3 is 2.39 bits per heavy atom. The number of benzene rings is 1. The molecule has 0 saturated carbocycles. The highest BCUT2D eigenvalue weighted by atomic mass is 16.3. The number of carbonyl (C=O) groups excluding carboxylic acids is 1. The molecule has 4 heteroatoms. The van der Waals surface area contributed by atoms with Crippen molar-refractivity contribution in [3.8, 4) is 0 Å². The van der Waals surface area contributed by atoms with E-state index in [0.29, 0.717) is 6.54 Å². The lowest BCUT2D eigenvalue weighted by Gasteiger charge is -2.40. The van der Waals surface area contributed by atoms with Gasteiger partial charge in [0.25, 0.3) is 0 Å². The standard InChI is InChI=1S/C14H20N2O2/c1-10-6-11(2)8-12(7-10)16-5-4-15(3)14(18)13(16)9-17/h6-8,13,17H,4-5,9H2,1-3H3. The molecule has 1 saturated heterocycles. The Labute approximate surface area is 108 Å². The van der Waals surface area contributed by atoms with Crippen molar-refractivity contribution in [2.75, 3.05) is 31.6 Å². The normalized spacial score (nSPS) is 20.4. The Morgan fingerprint density at radius 2 is 1.83 bits per heavy atom. The van der Waals surface area contributed by atoms with Crippen molar-refractivity contribution in [1.82, 2.24) is 4.90 Å². The first-order chi connectivity index (χ1) is 8.52. The van der Waals surface area contributed by atoms with Gasteiger partial charge in [0, 0.05) is 25.8 Å². The quantitative estimate of drug-likeness (QED) is 0.847. The number of amides is 1. The van der Waals surface area contributed by atoms with Crippen LogP contribution in [0, 0.1) is 13.8 Å². The van der Waals surface area contributed by atoms with Crippen LogP contribution in [0.5, 0.6) is 0 Å². The van der Waals surface area contributed by atoms with Gasteiger partial charge < -0.3 is 14.9 Å². The summed E-state index contributed by atoms with van der Waals surface area (Å²) in [7, 11) is 1.78. The third kappa shape index (κ3) is 2.34. The molecule has 0 spiro atoms. The van der Waals surface area contributed by atoms with E-state index in [1.54, 1.807) is 11.9 Å². The minimum absolute atomic E-state index is 0.0112. The Kier molecular flexibility index (Phi) is 3.57. The molecule has 1 unspecified atom stereocenters. The number of hydrogen-bond donors (Lipinski definition) is 1. The van der Waals surface area contributed by atoms with Gasteiger partial charge in [-0.1, -0.05) is 6.07 Å². The molecule has 1 atom stereocenters. The Morgan fingerprint density at radius 1 is 1.22 bits per heavy atom. The van der Waals surface area contributed by atoms with E-state index in [4.69, 9.17) is 0 Å². The Bertz CT molecular complexity index is 439. The van der Waals surface area contributed by atoms with Gasteiger partial charge in [0.1, 0.15) is 6.04 Å². The molecule has 1 aromatic carbocycles. The zero-order valence-corrected chi connectivity index (χ0v) is 11.2. The van der Waals surface area contributed by atoms with Crippen LogP contribution >= 0.6 is 0 Å². The van der Waals surface area contributed by atoms with Crippen molar-refractivity contribution < 1.29 is 9.90 Å². The number of aryl methyl sites for hydroxylation is 2. The molecule has 0 aliphatic carbocycles. The minimum atomic E-state index is -0.454. The first-order valence-electron chi connectivity index (χ1n) is 6.23. The minimum Gasteiger partial charge on any atom is -0.394 e. The van der Waals surface area contributed by atoms with Crippen LogP contribution in [-0.2, 0) is 4.79 Å². The molecular formula is C14H20N2O2. The largest absolute Gasteiger partial charge is 0.394 e. The first kappa shape index (κ1) is 12.9. The van der Waals surface area contributed by atoms with Crippen molar-refractivity contribution >= 4 is 11.6 Å². The van der Waals surface area contributed by atoms with Crippen LogP contribution < -0.4 is 4.90 Å². The summed E-state index contributed by atoms with van der Waals surface area (Å²) < 4.78 is 0. The number of aliphatic hydroxyl groups excluding tert-OH is 1. The van der Waals surface area contributed by atoms with Crippen molar-refractivity contribution in [3.05, 3.63) is 29.3 Å². The van der Waals surface area contributed by atoms with Crippen molar-refractivity contribution in [1.29, 1.82) is 0 Å². The highest BCUT2D eigenvalue weighted by Crippen LogP contribution is 2.23. The lowest BCUT2D eigenvalue weighted by atomic mass is 10.1. The summed E-state index contributed by atoms with van der Waals surface area (Å²) in [6.07, 6.45) is 0. The smallest absolute Gasteiger partial charge is 0.247 e. The SMILES string of the molecule is Cc1cc(C)cc(N2CCN(C)C(=O)C2CO)c1. The lowest BCUT2D eigenvalue weighted by Crippen LogP contribution is -2.57. The summed E-state index contributed by atoms with van der Waals surface area (Å²) in [4.78, 5) is 15.7. The van der Waals surface area contributed by atoms with E-state index in [1.807, 2.05) is 18.7 Å². The maximum atomic E-state index is 12.0. The van der Waals surface area contributed by atoms with Gasteiger partial charge in [-0.05, 0) is 37.1 Å². The molecule has 1 amide bonds. The van der Waals surface area contributed by atoms with E-state index in [9.17, 15) is 9.90 Å². The number of nitrogens with zero attached hydrogens (tertiary/aromatic N) is 2. The second-order valence-corrected chi connectivity index (χ2v) is 5.00. The van der Waals surface area contributed by atoms with Crippen molar-refractivity contribution in [2.24, 2.45) is 0 Å². The number of aliphatic hydroxyl groups is 1. The molecule has 0 radical (unpaired) electrons. The van der Waals surface area contributed by atoms with E-state index in [-0.39, 0.29) is 12.5 Å². The summed E-state index contributed by atoms with van der Waals surface area (Å²) in [5.74, 6) is -0.0112. The van der Waals surface area contributed by atoms with E-state index < -0.39 is 6.04 Å². The monoisotopic (exact) mass is 248 g/mol. The van der Waals surface area contributed by atoms with E-state index >= 15 is 0 Å². The zero-order chi connectivity index (χ0) is 13.3. The lowest BCUT2D eigenvalue weighted by molar-refractivity contribution is -0.133. The molecule has 1 aliphatic heterocycles. The highest BCUT2D eigenvalue weighted by Gasteiger charge is 2.32. The summed E-state index contributed by atoms with van der Waals surface area (Å²) >= 11 is 0. The fraction of sp³-hybridized carbons (Fsp3) is 0.500. The van der Waals surface area contributed by atoms with E-state index in [1.165, 1.54) is 11.1 Å². The van der Waals surface area contributed by atoms with Crippen LogP contribution in [-0.4, -0.2) is 48.7 Å². The van der Waals surface area contributed by atoms with Gasteiger partial charge in [0.05, 0.1) is 6.61 Å². The van der Waals surface area contributed by atoms with Crippen molar-refractivity contribution in [3.63, 3.8) is 0 Å². The van der Waals surface area contributed by atoms with Gasteiger partial charge >= 0.3 is 0 Å². The van der Waals surface area contributed by atoms with Gasteiger partial charge in [-0.3, -0.25) is 4.79 Å². The van der Waals surface area contributed by atoms with Gasteiger partial charge in [0.2, 0.25) is 5.91 Å². The summed E-state index contributed by atoms with van der Waals surface area (Å²) in [6.45, 7) is 5.40. The number of anilines is 1. The van der Waals surface area contributed by atoms with Crippen LogP contribution in [0.4, 0.5) is 5.69 Å². The molecule has 1 heterocycles. The molecular weight excluding hydrogens is 228 g/mol. The predicted molar refractivity (Wildman–Crippen MR) is 71.8 cm³/mol. The second kappa shape index (κ2) is 4.98. The number of piperazine rings is 1. The molecule has 1 fully saturated rings. The molecule has 0 bridgehead atoms. The van der Waals surface area contributed by atoms with Crippen LogP contribution in [0.3, 0.4) is 0 Å². The average molecular weight is 248 g/mol. The summed E-state index contributed by atoms with van der Waals surface area (Å²) in [6, 6.07) is 5.78. The third-order valence-corrected chi connectivity index (χ3v) is 3.42. The Balaban J connectivity index is 2.33. The maximum Gasteiger partial charge on any atom is 0.247 e. The van der Waals surface area contributed by atoms with E-state index in [0.717, 1.165) is 12.2 Å². The van der Waals surface area contributed by atoms with Gasteiger partial charge in [0.15, 0.2) is 0 Å².